The van der Waals surface area contributed by atoms with E-state index in [9.17, 15) is 23.5 Å². The number of carbonyl (C=O) groups excluding carboxylic acids is 2. The number of nitrogens with zero attached hydrogens (tertiary/aromatic N) is 2. The fourth-order valence-electron chi connectivity index (χ4n) is 5.49. The monoisotopic (exact) mass is 554 g/mol. The second-order valence-electron chi connectivity index (χ2n) is 10.2. The number of aliphatic hydroxyl groups excluding tert-OH is 1. The summed E-state index contributed by atoms with van der Waals surface area (Å²) in [6.07, 6.45) is -0.160. The Balaban J connectivity index is 1.40. The first-order valence-corrected chi connectivity index (χ1v) is 14.1. The van der Waals surface area contributed by atoms with Gasteiger partial charge in [0.05, 0.1) is 35.4 Å². The summed E-state index contributed by atoms with van der Waals surface area (Å²) in [7, 11) is 0. The van der Waals surface area contributed by atoms with Crippen molar-refractivity contribution in [2.24, 2.45) is 0 Å². The number of amides is 2. The molecule has 0 spiro atoms. The van der Waals surface area contributed by atoms with E-state index in [1.807, 2.05) is 42.6 Å². The average Bonchev–Trinajstić information content (AvgIpc) is 3.67. The lowest BCUT2D eigenvalue weighted by Crippen LogP contribution is -2.57. The van der Waals surface area contributed by atoms with Crippen LogP contribution in [0.3, 0.4) is 0 Å². The molecule has 2 aliphatic heterocycles. The smallest absolute Gasteiger partial charge is 0.266 e. The van der Waals surface area contributed by atoms with Crippen LogP contribution in [-0.4, -0.2) is 64.0 Å². The van der Waals surface area contributed by atoms with Crippen molar-refractivity contribution in [1.82, 2.24) is 20.5 Å². The van der Waals surface area contributed by atoms with Crippen LogP contribution in [0.1, 0.15) is 62.3 Å². The van der Waals surface area contributed by atoms with Crippen LogP contribution in [0, 0.1) is 6.92 Å². The van der Waals surface area contributed by atoms with E-state index in [-0.39, 0.29) is 42.5 Å². The molecule has 4 atom stereocenters. The predicted molar refractivity (Wildman–Crippen MR) is 145 cm³/mol. The molecule has 5 rings (SSSR count). The number of alkyl halides is 2. The van der Waals surface area contributed by atoms with Crippen molar-refractivity contribution >= 4 is 23.2 Å². The fraction of sp³-hybridized carbons (Fsp3) is 0.414. The number of rotatable bonds is 8. The average molecular weight is 555 g/mol. The van der Waals surface area contributed by atoms with Gasteiger partial charge in [-0.1, -0.05) is 42.5 Å². The van der Waals surface area contributed by atoms with Crippen LogP contribution >= 0.6 is 11.3 Å². The Morgan fingerprint density at radius 3 is 2.56 bits per heavy atom. The van der Waals surface area contributed by atoms with Crippen LogP contribution < -0.4 is 10.6 Å². The number of likely N-dealkylation sites (tertiary alicyclic amines) is 1. The number of aromatic nitrogens is 1. The Labute approximate surface area is 230 Å². The largest absolute Gasteiger partial charge is 0.389 e. The molecule has 2 saturated heterocycles. The van der Waals surface area contributed by atoms with Crippen molar-refractivity contribution in [2.75, 3.05) is 13.1 Å². The van der Waals surface area contributed by atoms with Crippen molar-refractivity contribution < 1.29 is 23.5 Å². The lowest BCUT2D eigenvalue weighted by Gasteiger charge is -2.32. The van der Waals surface area contributed by atoms with Crippen molar-refractivity contribution in [2.45, 2.75) is 62.8 Å². The third-order valence-electron chi connectivity index (χ3n) is 7.48. The van der Waals surface area contributed by atoms with Gasteiger partial charge in [0, 0.05) is 30.6 Å². The van der Waals surface area contributed by atoms with Gasteiger partial charge in [-0.05, 0) is 43.9 Å². The third kappa shape index (κ3) is 5.88. The maximum atomic E-state index is 14.5. The lowest BCUT2D eigenvalue weighted by molar-refractivity contribution is -0.0606. The van der Waals surface area contributed by atoms with Crippen molar-refractivity contribution in [1.29, 1.82) is 0 Å². The normalized spacial score (nSPS) is 22.0. The number of halogens is 2. The molecule has 10 heteroatoms. The first-order valence-electron chi connectivity index (χ1n) is 13.2. The zero-order chi connectivity index (χ0) is 27.6. The summed E-state index contributed by atoms with van der Waals surface area (Å²) in [4.78, 5) is 33.7. The molecule has 3 aromatic rings. The molecule has 0 radical (unpaired) electrons. The van der Waals surface area contributed by atoms with E-state index in [4.69, 9.17) is 0 Å². The molecular formula is C29H32F2N4O3S. The Kier molecular flexibility index (Phi) is 8.06. The predicted octanol–water partition coefficient (Wildman–Crippen LogP) is 4.13. The minimum atomic E-state index is -3.11. The standard InChI is InChI=1S/C29H32F2N4O3S/c1-18-17-39-27(33-18)23-12-7-15-35(23)28(38)21-11-6-5-10-20(21)26(37)34-22(16-19-8-3-2-4-9-19)24(36)25-29(30,31)13-14-32-25/h2-6,8-11,17,22-25,32,36H,7,12-16H2,1H3,(H,34,37)/t22-,23+,24-,25-/m0/s1. The molecular weight excluding hydrogens is 522 g/mol. The summed E-state index contributed by atoms with van der Waals surface area (Å²) in [5.74, 6) is -3.98. The zero-order valence-electron chi connectivity index (χ0n) is 21.6. The van der Waals surface area contributed by atoms with E-state index in [0.717, 1.165) is 29.1 Å². The number of aliphatic hydroxyl groups is 1. The van der Waals surface area contributed by atoms with Gasteiger partial charge < -0.3 is 20.6 Å². The number of nitrogens with one attached hydrogen (secondary N) is 2. The van der Waals surface area contributed by atoms with Gasteiger partial charge >= 0.3 is 0 Å². The zero-order valence-corrected chi connectivity index (χ0v) is 22.5. The number of benzene rings is 2. The summed E-state index contributed by atoms with van der Waals surface area (Å²) < 4.78 is 29.1. The second-order valence-corrected chi connectivity index (χ2v) is 11.1. The van der Waals surface area contributed by atoms with Crippen LogP contribution in [0.25, 0.3) is 0 Å². The molecule has 3 N–H and O–H groups in total. The lowest BCUT2D eigenvalue weighted by atomic mass is 9.93. The molecule has 0 unspecified atom stereocenters. The molecule has 7 nitrogen and oxygen atoms in total. The number of thiazole rings is 1. The first kappa shape index (κ1) is 27.4. The number of carbonyl (C=O) groups is 2. The third-order valence-corrected chi connectivity index (χ3v) is 8.55. The molecule has 1 aromatic heterocycles. The molecule has 2 fully saturated rings. The first-order chi connectivity index (χ1) is 18.7. The highest BCUT2D eigenvalue weighted by Crippen LogP contribution is 2.35. The molecule has 3 heterocycles. The van der Waals surface area contributed by atoms with Crippen LogP contribution in [0.15, 0.2) is 60.0 Å². The topological polar surface area (TPSA) is 94.6 Å². The second kappa shape index (κ2) is 11.5. The summed E-state index contributed by atoms with van der Waals surface area (Å²) >= 11 is 1.52. The van der Waals surface area contributed by atoms with E-state index >= 15 is 0 Å². The van der Waals surface area contributed by atoms with Gasteiger partial charge in [0.2, 0.25) is 0 Å². The molecule has 39 heavy (non-hydrogen) atoms. The summed E-state index contributed by atoms with van der Waals surface area (Å²) in [6.45, 7) is 2.54. The number of hydrogen-bond donors (Lipinski definition) is 3. The maximum absolute atomic E-state index is 14.5. The van der Waals surface area contributed by atoms with Gasteiger partial charge in [0.1, 0.15) is 5.01 Å². The quantitative estimate of drug-likeness (QED) is 0.389. The summed E-state index contributed by atoms with van der Waals surface area (Å²) in [5, 5.41) is 19.4. The van der Waals surface area contributed by atoms with Crippen LogP contribution in [0.4, 0.5) is 8.78 Å². The van der Waals surface area contributed by atoms with Crippen molar-refractivity contribution in [3.63, 3.8) is 0 Å². The summed E-state index contributed by atoms with van der Waals surface area (Å²) in [6, 6.07) is 12.9. The number of hydrogen-bond acceptors (Lipinski definition) is 6. The van der Waals surface area contributed by atoms with Crippen LogP contribution in [0.2, 0.25) is 0 Å². The molecule has 0 saturated carbocycles. The van der Waals surface area contributed by atoms with Gasteiger partial charge in [0.25, 0.3) is 17.7 Å². The fourth-order valence-corrected chi connectivity index (χ4v) is 6.43. The van der Waals surface area contributed by atoms with Gasteiger partial charge in [-0.2, -0.15) is 0 Å². The number of aryl methyl sites for hydroxylation is 1. The SMILES string of the molecule is Cc1csc([C@H]2CCCN2C(=O)c2ccccc2C(=O)N[C@@H](Cc2ccccc2)[C@H](O)[C@@H]2NCCC2(F)F)n1. The Bertz CT molecular complexity index is 1320. The van der Waals surface area contributed by atoms with Crippen molar-refractivity contribution in [3.05, 3.63) is 87.4 Å². The highest BCUT2D eigenvalue weighted by Gasteiger charge is 2.49. The highest BCUT2D eigenvalue weighted by atomic mass is 32.1. The summed E-state index contributed by atoms with van der Waals surface area (Å²) in [5.41, 5.74) is 2.05. The molecule has 2 aliphatic rings. The van der Waals surface area contributed by atoms with Gasteiger partial charge in [-0.15, -0.1) is 11.3 Å². The van der Waals surface area contributed by atoms with Crippen molar-refractivity contribution in [3.8, 4) is 0 Å². The van der Waals surface area contributed by atoms with E-state index in [0.29, 0.717) is 6.54 Å². The Hall–Kier alpha value is -3.21. The van der Waals surface area contributed by atoms with Gasteiger partial charge in [-0.3, -0.25) is 9.59 Å². The molecule has 2 amide bonds. The van der Waals surface area contributed by atoms with E-state index in [2.05, 4.69) is 15.6 Å². The Morgan fingerprint density at radius 2 is 1.90 bits per heavy atom. The van der Waals surface area contributed by atoms with E-state index < -0.39 is 30.0 Å². The van der Waals surface area contributed by atoms with Gasteiger partial charge in [0.15, 0.2) is 0 Å². The highest BCUT2D eigenvalue weighted by molar-refractivity contribution is 7.09. The van der Waals surface area contributed by atoms with E-state index in [1.54, 1.807) is 29.2 Å². The van der Waals surface area contributed by atoms with E-state index in [1.165, 1.54) is 11.3 Å². The minimum absolute atomic E-state index is 0.0771. The Morgan fingerprint density at radius 1 is 1.18 bits per heavy atom. The molecule has 0 bridgehead atoms. The van der Waals surface area contributed by atoms with Gasteiger partial charge in [-0.25, -0.2) is 13.8 Å². The van der Waals surface area contributed by atoms with Crippen LogP contribution in [0.5, 0.6) is 0 Å². The maximum Gasteiger partial charge on any atom is 0.266 e. The molecule has 2 aromatic carbocycles. The van der Waals surface area contributed by atoms with Crippen LogP contribution in [-0.2, 0) is 6.42 Å². The minimum Gasteiger partial charge on any atom is -0.389 e. The molecule has 0 aliphatic carbocycles. The molecule has 206 valence electrons.